The van der Waals surface area contributed by atoms with Crippen molar-refractivity contribution in [2.75, 3.05) is 4.90 Å². The van der Waals surface area contributed by atoms with Crippen molar-refractivity contribution in [3.05, 3.63) is 17.6 Å². The summed E-state index contributed by atoms with van der Waals surface area (Å²) in [6.45, 7) is 4.09. The van der Waals surface area contributed by atoms with E-state index in [1.54, 1.807) is 0 Å². The predicted octanol–water partition coefficient (Wildman–Crippen LogP) is 1.84. The van der Waals surface area contributed by atoms with Crippen LogP contribution in [0.1, 0.15) is 44.1 Å². The summed E-state index contributed by atoms with van der Waals surface area (Å²) in [6.07, 6.45) is 4.98. The minimum absolute atomic E-state index is 0.118. The van der Waals surface area contributed by atoms with Crippen molar-refractivity contribution in [2.24, 2.45) is 0 Å². The Kier molecular flexibility index (Phi) is 2.98. The first-order valence-electron chi connectivity index (χ1n) is 6.98. The lowest BCUT2D eigenvalue weighted by atomic mass is 10.00. The molecule has 3 heterocycles. The fourth-order valence-electron chi connectivity index (χ4n) is 3.45. The maximum Gasteiger partial charge on any atom is 0.133 e. The van der Waals surface area contributed by atoms with Crippen molar-refractivity contribution in [3.8, 4) is 0 Å². The number of piperidine rings is 1. The molecule has 2 bridgehead atoms. The van der Waals surface area contributed by atoms with Gasteiger partial charge in [-0.1, -0.05) is 6.92 Å². The van der Waals surface area contributed by atoms with Crippen LogP contribution in [0, 0.1) is 6.92 Å². The molecule has 1 aromatic rings. The van der Waals surface area contributed by atoms with Crippen LogP contribution >= 0.6 is 0 Å². The van der Waals surface area contributed by atoms with Gasteiger partial charge in [-0.25, -0.2) is 9.97 Å². The van der Waals surface area contributed by atoms with Crippen molar-refractivity contribution >= 4 is 5.82 Å². The third-order valence-corrected chi connectivity index (χ3v) is 4.21. The molecule has 0 aromatic carbocycles. The van der Waals surface area contributed by atoms with Crippen LogP contribution in [0.2, 0.25) is 0 Å². The highest BCUT2D eigenvalue weighted by atomic mass is 16.3. The van der Waals surface area contributed by atoms with E-state index in [-0.39, 0.29) is 6.10 Å². The van der Waals surface area contributed by atoms with Crippen molar-refractivity contribution in [3.63, 3.8) is 0 Å². The SMILES string of the molecule is CCc1cc(N2C3CCC2CC(O)C3)nc(C)n1. The number of hydrogen-bond donors (Lipinski definition) is 1. The molecule has 0 amide bonds. The molecule has 2 aliphatic heterocycles. The lowest BCUT2D eigenvalue weighted by Gasteiger charge is -2.38. The second-order valence-corrected chi connectivity index (χ2v) is 5.54. The van der Waals surface area contributed by atoms with Crippen LogP contribution in [0.3, 0.4) is 0 Å². The summed E-state index contributed by atoms with van der Waals surface area (Å²) in [5, 5.41) is 9.85. The molecular formula is C14H21N3O. The first-order valence-corrected chi connectivity index (χ1v) is 6.98. The summed E-state index contributed by atoms with van der Waals surface area (Å²) in [5.74, 6) is 1.92. The Hall–Kier alpha value is -1.16. The molecule has 2 atom stereocenters. The van der Waals surface area contributed by atoms with E-state index in [4.69, 9.17) is 0 Å². The zero-order valence-electron chi connectivity index (χ0n) is 11.1. The Morgan fingerprint density at radius 2 is 1.94 bits per heavy atom. The number of aromatic nitrogens is 2. The molecule has 3 rings (SSSR count). The summed E-state index contributed by atoms with van der Waals surface area (Å²) in [6, 6.07) is 3.06. The fraction of sp³-hybridized carbons (Fsp3) is 0.714. The lowest BCUT2D eigenvalue weighted by molar-refractivity contribution is 0.126. The molecule has 98 valence electrons. The van der Waals surface area contributed by atoms with Crippen LogP contribution in [0.25, 0.3) is 0 Å². The van der Waals surface area contributed by atoms with E-state index in [1.807, 2.05) is 6.92 Å². The van der Waals surface area contributed by atoms with Gasteiger partial charge in [0, 0.05) is 23.8 Å². The molecule has 2 aliphatic rings. The molecule has 0 radical (unpaired) electrons. The Labute approximate surface area is 108 Å². The van der Waals surface area contributed by atoms with Crippen LogP contribution in [-0.2, 0) is 6.42 Å². The first-order chi connectivity index (χ1) is 8.67. The van der Waals surface area contributed by atoms with Crippen molar-refractivity contribution in [1.29, 1.82) is 0 Å². The van der Waals surface area contributed by atoms with Gasteiger partial charge in [-0.3, -0.25) is 0 Å². The molecule has 1 aromatic heterocycles. The molecule has 4 nitrogen and oxygen atoms in total. The number of rotatable bonds is 2. The average molecular weight is 247 g/mol. The molecule has 4 heteroatoms. The quantitative estimate of drug-likeness (QED) is 0.866. The minimum Gasteiger partial charge on any atom is -0.393 e. The number of nitrogens with zero attached hydrogens (tertiary/aromatic N) is 3. The summed E-state index contributed by atoms with van der Waals surface area (Å²) in [4.78, 5) is 11.5. The van der Waals surface area contributed by atoms with Crippen LogP contribution < -0.4 is 4.90 Å². The van der Waals surface area contributed by atoms with Gasteiger partial charge in [0.25, 0.3) is 0 Å². The summed E-state index contributed by atoms with van der Waals surface area (Å²) in [5.41, 5.74) is 1.11. The summed E-state index contributed by atoms with van der Waals surface area (Å²) >= 11 is 0. The van der Waals surface area contributed by atoms with Gasteiger partial charge in [0.05, 0.1) is 6.10 Å². The zero-order valence-corrected chi connectivity index (χ0v) is 11.1. The van der Waals surface area contributed by atoms with E-state index in [0.29, 0.717) is 12.1 Å². The first kappa shape index (κ1) is 11.9. The Bertz CT molecular complexity index is 435. The summed E-state index contributed by atoms with van der Waals surface area (Å²) < 4.78 is 0. The van der Waals surface area contributed by atoms with Gasteiger partial charge in [0.1, 0.15) is 11.6 Å². The van der Waals surface area contributed by atoms with Gasteiger partial charge < -0.3 is 10.0 Å². The van der Waals surface area contributed by atoms with Crippen molar-refractivity contribution in [1.82, 2.24) is 9.97 Å². The smallest absolute Gasteiger partial charge is 0.133 e. The monoisotopic (exact) mass is 247 g/mol. The maximum atomic E-state index is 9.85. The third kappa shape index (κ3) is 1.99. The molecule has 2 saturated heterocycles. The van der Waals surface area contributed by atoms with E-state index in [9.17, 15) is 5.11 Å². The van der Waals surface area contributed by atoms with Crippen molar-refractivity contribution < 1.29 is 5.11 Å². The number of anilines is 1. The van der Waals surface area contributed by atoms with E-state index in [0.717, 1.165) is 36.6 Å². The lowest BCUT2D eigenvalue weighted by Crippen LogP contribution is -2.45. The third-order valence-electron chi connectivity index (χ3n) is 4.21. The molecule has 1 N–H and O–H groups in total. The Morgan fingerprint density at radius 1 is 1.28 bits per heavy atom. The van der Waals surface area contributed by atoms with Gasteiger partial charge in [-0.15, -0.1) is 0 Å². The normalized spacial score (nSPS) is 30.8. The van der Waals surface area contributed by atoms with E-state index in [2.05, 4.69) is 27.9 Å². The van der Waals surface area contributed by atoms with Crippen LogP contribution in [-0.4, -0.2) is 33.3 Å². The maximum absolute atomic E-state index is 9.85. The molecule has 0 saturated carbocycles. The van der Waals surface area contributed by atoms with Gasteiger partial charge in [0.2, 0.25) is 0 Å². The minimum atomic E-state index is -0.118. The molecule has 2 unspecified atom stereocenters. The van der Waals surface area contributed by atoms with Gasteiger partial charge in [-0.2, -0.15) is 0 Å². The molecule has 2 fully saturated rings. The largest absolute Gasteiger partial charge is 0.393 e. The average Bonchev–Trinajstić information content (AvgIpc) is 2.61. The second kappa shape index (κ2) is 4.50. The van der Waals surface area contributed by atoms with E-state index in [1.165, 1.54) is 12.8 Å². The second-order valence-electron chi connectivity index (χ2n) is 5.54. The highest BCUT2D eigenvalue weighted by Gasteiger charge is 2.40. The van der Waals surface area contributed by atoms with E-state index >= 15 is 0 Å². The number of hydrogen-bond acceptors (Lipinski definition) is 4. The van der Waals surface area contributed by atoms with Gasteiger partial charge >= 0.3 is 0 Å². The number of aryl methyl sites for hydroxylation is 2. The highest BCUT2D eigenvalue weighted by molar-refractivity contribution is 5.45. The van der Waals surface area contributed by atoms with Crippen LogP contribution in [0.15, 0.2) is 6.07 Å². The molecule has 18 heavy (non-hydrogen) atoms. The number of fused-ring (bicyclic) bond motifs is 2. The number of aliphatic hydroxyl groups excluding tert-OH is 1. The van der Waals surface area contributed by atoms with Crippen LogP contribution in [0.4, 0.5) is 5.82 Å². The van der Waals surface area contributed by atoms with Gasteiger partial charge in [-0.05, 0) is 39.0 Å². The topological polar surface area (TPSA) is 49.2 Å². The molecular weight excluding hydrogens is 226 g/mol. The number of aliphatic hydroxyl groups is 1. The van der Waals surface area contributed by atoms with Crippen LogP contribution in [0.5, 0.6) is 0 Å². The fourth-order valence-corrected chi connectivity index (χ4v) is 3.45. The zero-order chi connectivity index (χ0) is 12.7. The Morgan fingerprint density at radius 3 is 2.56 bits per heavy atom. The predicted molar refractivity (Wildman–Crippen MR) is 70.7 cm³/mol. The Balaban J connectivity index is 1.93. The highest BCUT2D eigenvalue weighted by Crippen LogP contribution is 2.38. The molecule has 0 aliphatic carbocycles. The molecule has 0 spiro atoms. The standard InChI is InChI=1S/C14H21N3O/c1-3-10-6-14(16-9(2)15-10)17-11-4-5-12(17)8-13(18)7-11/h6,11-13,18H,3-5,7-8H2,1-2H3. The van der Waals surface area contributed by atoms with Crippen molar-refractivity contribution in [2.45, 2.75) is 64.1 Å². The van der Waals surface area contributed by atoms with E-state index < -0.39 is 0 Å². The summed E-state index contributed by atoms with van der Waals surface area (Å²) in [7, 11) is 0. The van der Waals surface area contributed by atoms with Gasteiger partial charge in [0.15, 0.2) is 0 Å².